The minimum Gasteiger partial charge on any atom is -0.341 e. The van der Waals surface area contributed by atoms with Crippen LogP contribution in [0.3, 0.4) is 0 Å². The number of pyridine rings is 1. The van der Waals surface area contributed by atoms with E-state index in [1.54, 1.807) is 11.9 Å². The molecule has 0 spiro atoms. The summed E-state index contributed by atoms with van der Waals surface area (Å²) in [4.78, 5) is 18.9. The number of rotatable bonds is 3. The van der Waals surface area contributed by atoms with Crippen LogP contribution in [0.1, 0.15) is 23.2 Å². The molecule has 1 unspecified atom stereocenters. The highest BCUT2D eigenvalue weighted by molar-refractivity contribution is 7.91. The summed E-state index contributed by atoms with van der Waals surface area (Å²) in [5.41, 5.74) is 3.79. The van der Waals surface area contributed by atoms with Gasteiger partial charge in [0.25, 0.3) is 0 Å². The molecule has 0 saturated carbocycles. The highest BCUT2D eigenvalue weighted by Crippen LogP contribution is 2.24. The Hall–Kier alpha value is -1.95. The van der Waals surface area contributed by atoms with Gasteiger partial charge in [-0.15, -0.1) is 0 Å². The van der Waals surface area contributed by atoms with Crippen molar-refractivity contribution in [1.29, 1.82) is 0 Å². The molecule has 1 fully saturated rings. The van der Waals surface area contributed by atoms with E-state index in [0.29, 0.717) is 6.42 Å². The van der Waals surface area contributed by atoms with Gasteiger partial charge in [-0.2, -0.15) is 0 Å². The molecule has 0 bridgehead atoms. The number of hydrogen-bond acceptors (Lipinski definition) is 4. The average molecular weight is 346 g/mol. The molecule has 0 N–H and O–H groups in total. The fourth-order valence-electron chi connectivity index (χ4n) is 3.39. The molecule has 0 radical (unpaired) electrons. The van der Waals surface area contributed by atoms with Gasteiger partial charge in [-0.3, -0.25) is 9.78 Å². The van der Waals surface area contributed by atoms with E-state index in [4.69, 9.17) is 0 Å². The number of aromatic nitrogens is 1. The van der Waals surface area contributed by atoms with E-state index in [-0.39, 0.29) is 29.9 Å². The highest BCUT2D eigenvalue weighted by Gasteiger charge is 2.32. The number of hydrogen-bond donors (Lipinski definition) is 0. The van der Waals surface area contributed by atoms with Crippen LogP contribution in [0.4, 0.5) is 0 Å². The topological polar surface area (TPSA) is 67.3 Å². The van der Waals surface area contributed by atoms with Crippen molar-refractivity contribution in [2.45, 2.75) is 32.7 Å². The highest BCUT2D eigenvalue weighted by atomic mass is 32.2. The quantitative estimate of drug-likeness (QED) is 0.853. The Balaban J connectivity index is 1.85. The Morgan fingerprint density at radius 3 is 2.67 bits per heavy atom. The number of para-hydroxylation sites is 1. The van der Waals surface area contributed by atoms with Crippen molar-refractivity contribution in [3.63, 3.8) is 0 Å². The summed E-state index contributed by atoms with van der Waals surface area (Å²) in [6.45, 7) is 3.93. The van der Waals surface area contributed by atoms with Gasteiger partial charge < -0.3 is 4.90 Å². The molecule has 3 rings (SSSR count). The summed E-state index contributed by atoms with van der Waals surface area (Å²) in [6, 6.07) is 7.69. The summed E-state index contributed by atoms with van der Waals surface area (Å²) in [7, 11) is -1.30. The molecule has 1 saturated heterocycles. The zero-order chi connectivity index (χ0) is 17.5. The molecule has 24 heavy (non-hydrogen) atoms. The smallest absolute Gasteiger partial charge is 0.227 e. The van der Waals surface area contributed by atoms with Crippen molar-refractivity contribution in [2.24, 2.45) is 0 Å². The lowest BCUT2D eigenvalue weighted by Gasteiger charge is -2.24. The van der Waals surface area contributed by atoms with Gasteiger partial charge in [0, 0.05) is 24.2 Å². The van der Waals surface area contributed by atoms with E-state index in [1.165, 1.54) is 0 Å². The van der Waals surface area contributed by atoms with E-state index in [0.717, 1.165) is 27.7 Å². The number of benzene rings is 1. The Labute approximate surface area is 142 Å². The number of carbonyl (C=O) groups is 1. The molecule has 1 amide bonds. The van der Waals surface area contributed by atoms with E-state index in [1.807, 2.05) is 38.1 Å². The molecule has 1 aliphatic rings. The lowest BCUT2D eigenvalue weighted by Crippen LogP contribution is -2.39. The zero-order valence-corrected chi connectivity index (χ0v) is 15.1. The summed E-state index contributed by atoms with van der Waals surface area (Å²) in [5.74, 6) is 0.189. The summed E-state index contributed by atoms with van der Waals surface area (Å²) in [5, 5.41) is 1.05. The second kappa shape index (κ2) is 6.16. The normalized spacial score (nSPS) is 19.5. The summed E-state index contributed by atoms with van der Waals surface area (Å²) in [6.07, 6.45) is 0.779. The molecule has 0 aliphatic carbocycles. The first-order chi connectivity index (χ1) is 11.3. The fraction of sp³-hybridized carbons (Fsp3) is 0.444. The molecule has 1 aromatic carbocycles. The van der Waals surface area contributed by atoms with Gasteiger partial charge >= 0.3 is 0 Å². The van der Waals surface area contributed by atoms with Crippen LogP contribution in [0, 0.1) is 13.8 Å². The first kappa shape index (κ1) is 16.9. The molecule has 6 heteroatoms. The van der Waals surface area contributed by atoms with Crippen LogP contribution in [0.5, 0.6) is 0 Å². The zero-order valence-electron chi connectivity index (χ0n) is 14.2. The number of sulfone groups is 1. The lowest BCUT2D eigenvalue weighted by molar-refractivity contribution is -0.130. The van der Waals surface area contributed by atoms with Gasteiger partial charge in [0.1, 0.15) is 0 Å². The molecule has 1 atom stereocenters. The molecule has 1 aromatic heterocycles. The van der Waals surface area contributed by atoms with Crippen LogP contribution >= 0.6 is 0 Å². The number of likely N-dealkylation sites (N-methyl/N-ethyl adjacent to an activating group) is 1. The molecular formula is C18H22N2O3S. The van der Waals surface area contributed by atoms with Crippen molar-refractivity contribution in [3.8, 4) is 0 Å². The van der Waals surface area contributed by atoms with Crippen LogP contribution in [-0.4, -0.2) is 48.8 Å². The van der Waals surface area contributed by atoms with Crippen molar-refractivity contribution in [2.75, 3.05) is 18.6 Å². The number of nitrogens with zero attached hydrogens (tertiary/aromatic N) is 2. The van der Waals surface area contributed by atoms with Gasteiger partial charge in [-0.25, -0.2) is 8.42 Å². The molecule has 2 aromatic rings. The second-order valence-corrected chi connectivity index (χ2v) is 8.78. The number of amides is 1. The van der Waals surface area contributed by atoms with Gasteiger partial charge in [0.2, 0.25) is 5.91 Å². The maximum absolute atomic E-state index is 12.7. The Morgan fingerprint density at radius 1 is 1.29 bits per heavy atom. The molecule has 2 heterocycles. The Kier molecular flexibility index (Phi) is 4.34. The van der Waals surface area contributed by atoms with Crippen molar-refractivity contribution in [1.82, 2.24) is 9.88 Å². The minimum absolute atomic E-state index is 0.0552. The van der Waals surface area contributed by atoms with E-state index in [9.17, 15) is 13.2 Å². The van der Waals surface area contributed by atoms with Crippen LogP contribution < -0.4 is 0 Å². The Bertz CT molecular complexity index is 906. The maximum atomic E-state index is 12.7. The van der Waals surface area contributed by atoms with Crippen LogP contribution in [0.15, 0.2) is 24.3 Å². The van der Waals surface area contributed by atoms with Crippen LogP contribution in [-0.2, 0) is 21.1 Å². The van der Waals surface area contributed by atoms with Crippen molar-refractivity contribution < 1.29 is 13.2 Å². The summed E-state index contributed by atoms with van der Waals surface area (Å²) < 4.78 is 23.3. The average Bonchev–Trinajstić information content (AvgIpc) is 2.90. The Morgan fingerprint density at radius 2 is 2.00 bits per heavy atom. The lowest BCUT2D eigenvalue weighted by atomic mass is 9.99. The number of aryl methyl sites for hydroxylation is 2. The SMILES string of the molecule is Cc1nc2ccccc2c(C)c1CC(=O)N(C)C1CCS(=O)(=O)C1. The number of fused-ring (bicyclic) bond motifs is 1. The van der Waals surface area contributed by atoms with Gasteiger partial charge in [0.15, 0.2) is 9.84 Å². The van der Waals surface area contributed by atoms with E-state index < -0.39 is 9.84 Å². The fourth-order valence-corrected chi connectivity index (χ4v) is 5.17. The first-order valence-electron chi connectivity index (χ1n) is 8.09. The third-order valence-electron chi connectivity index (χ3n) is 4.96. The van der Waals surface area contributed by atoms with Gasteiger partial charge in [0.05, 0.1) is 23.4 Å². The minimum atomic E-state index is -3.00. The standard InChI is InChI=1S/C18H22N2O3S/c1-12-15-6-4-5-7-17(15)19-13(2)16(12)10-18(21)20(3)14-8-9-24(22,23)11-14/h4-7,14H,8-11H2,1-3H3. The largest absolute Gasteiger partial charge is 0.341 e. The van der Waals surface area contributed by atoms with Gasteiger partial charge in [-0.05, 0) is 37.5 Å². The molecule has 5 nitrogen and oxygen atoms in total. The van der Waals surface area contributed by atoms with Crippen LogP contribution in [0.2, 0.25) is 0 Å². The van der Waals surface area contributed by atoms with Crippen molar-refractivity contribution in [3.05, 3.63) is 41.1 Å². The van der Waals surface area contributed by atoms with Crippen molar-refractivity contribution >= 4 is 26.6 Å². The predicted molar refractivity (Wildman–Crippen MR) is 94.7 cm³/mol. The van der Waals surface area contributed by atoms with E-state index in [2.05, 4.69) is 4.98 Å². The monoisotopic (exact) mass is 346 g/mol. The first-order valence-corrected chi connectivity index (χ1v) is 9.91. The third-order valence-corrected chi connectivity index (χ3v) is 6.71. The van der Waals surface area contributed by atoms with Crippen LogP contribution in [0.25, 0.3) is 10.9 Å². The van der Waals surface area contributed by atoms with E-state index >= 15 is 0 Å². The summed E-state index contributed by atoms with van der Waals surface area (Å²) >= 11 is 0. The molecular weight excluding hydrogens is 324 g/mol. The number of carbonyl (C=O) groups excluding carboxylic acids is 1. The maximum Gasteiger partial charge on any atom is 0.227 e. The second-order valence-electron chi connectivity index (χ2n) is 6.56. The van der Waals surface area contributed by atoms with Gasteiger partial charge in [-0.1, -0.05) is 18.2 Å². The molecule has 128 valence electrons. The third kappa shape index (κ3) is 3.15. The predicted octanol–water partition coefficient (Wildman–Crippen LogP) is 2.04. The molecule has 1 aliphatic heterocycles.